The van der Waals surface area contributed by atoms with Crippen LogP contribution in [0.1, 0.15) is 119 Å². The second kappa shape index (κ2) is 10.2. The van der Waals surface area contributed by atoms with Crippen molar-refractivity contribution in [3.63, 3.8) is 0 Å². The van der Waals surface area contributed by atoms with Crippen molar-refractivity contribution < 1.29 is 24.2 Å². The average molecular weight is 505 g/mol. The molecule has 0 spiro atoms. The van der Waals surface area contributed by atoms with Crippen molar-refractivity contribution in [2.45, 2.75) is 137 Å². The van der Waals surface area contributed by atoms with Crippen LogP contribution in [0.5, 0.6) is 0 Å². The van der Waals surface area contributed by atoms with Crippen LogP contribution in [-0.4, -0.2) is 34.9 Å². The molecule has 0 bridgehead atoms. The van der Waals surface area contributed by atoms with Gasteiger partial charge >= 0.3 is 11.9 Å². The summed E-state index contributed by atoms with van der Waals surface area (Å²) in [6.45, 7) is 14.8. The van der Waals surface area contributed by atoms with E-state index in [0.717, 1.165) is 43.4 Å². The molecular weight excluding hydrogens is 452 g/mol. The Morgan fingerprint density at radius 2 is 1.61 bits per heavy atom. The summed E-state index contributed by atoms with van der Waals surface area (Å²) in [6.07, 6.45) is 10.7. The van der Waals surface area contributed by atoms with Gasteiger partial charge in [0.1, 0.15) is 17.8 Å². The minimum Gasteiger partial charge on any atom is -0.462 e. The van der Waals surface area contributed by atoms with Crippen LogP contribution in [-0.2, 0) is 19.1 Å². The quantitative estimate of drug-likeness (QED) is 0.391. The molecule has 0 saturated heterocycles. The molecule has 0 aromatic carbocycles. The van der Waals surface area contributed by atoms with Crippen molar-refractivity contribution in [1.29, 1.82) is 0 Å². The molecule has 5 nitrogen and oxygen atoms in total. The van der Waals surface area contributed by atoms with Crippen LogP contribution in [0.2, 0.25) is 0 Å². The summed E-state index contributed by atoms with van der Waals surface area (Å²) in [5, 5.41) is 12.3. The second-order valence-electron chi connectivity index (χ2n) is 14.1. The molecule has 0 unspecified atom stereocenters. The molecule has 0 amide bonds. The standard InChI is InChI=1S/C31H52O5/c1-19(2)9-8-10-20(3)25-11-12-26-24-17-28(36-22(5)33)31(34)18-23(35-21(4)32)13-16-30(31,7)27(24)14-15-29(25,26)6/h19-20,23-28,34H,8-18H2,1-7H3/t20-,23+,24-,25-,26+,27-,28-,29-,30-,31+/m1/s1. The topological polar surface area (TPSA) is 72.8 Å². The zero-order chi connectivity index (χ0) is 26.5. The van der Waals surface area contributed by atoms with Crippen molar-refractivity contribution in [2.75, 3.05) is 0 Å². The van der Waals surface area contributed by atoms with E-state index in [2.05, 4.69) is 34.6 Å². The fraction of sp³-hybridized carbons (Fsp3) is 0.935. The Balaban J connectivity index is 1.59. The van der Waals surface area contributed by atoms with Crippen LogP contribution < -0.4 is 0 Å². The molecule has 1 N–H and O–H groups in total. The van der Waals surface area contributed by atoms with E-state index >= 15 is 0 Å². The van der Waals surface area contributed by atoms with Gasteiger partial charge in [0.15, 0.2) is 0 Å². The normalized spacial score (nSPS) is 44.8. The minimum atomic E-state index is -1.16. The Morgan fingerprint density at radius 1 is 0.917 bits per heavy atom. The summed E-state index contributed by atoms with van der Waals surface area (Å²) < 4.78 is 11.5. The monoisotopic (exact) mass is 504 g/mol. The Morgan fingerprint density at radius 3 is 2.25 bits per heavy atom. The van der Waals surface area contributed by atoms with Gasteiger partial charge in [-0.05, 0) is 85.9 Å². The number of hydrogen-bond acceptors (Lipinski definition) is 5. The zero-order valence-corrected chi connectivity index (χ0v) is 24.0. The van der Waals surface area contributed by atoms with E-state index in [1.54, 1.807) is 0 Å². The molecule has 0 aromatic rings. The maximum absolute atomic E-state index is 12.3. The summed E-state index contributed by atoms with van der Waals surface area (Å²) in [6, 6.07) is 0. The highest BCUT2D eigenvalue weighted by molar-refractivity contribution is 5.66. The molecule has 4 aliphatic carbocycles. The SMILES string of the molecule is CC(=O)O[C@H]1CC[C@]2(C)[C@@H]3CC[C@]4(C)[C@@H]([C@H](C)CCCC(C)C)CC[C@H]4[C@H]3C[C@@H](OC(C)=O)[C@@]2(O)C1. The maximum atomic E-state index is 12.3. The molecule has 206 valence electrons. The molecule has 0 radical (unpaired) electrons. The lowest BCUT2D eigenvalue weighted by Crippen LogP contribution is -2.69. The Bertz CT molecular complexity index is 824. The van der Waals surface area contributed by atoms with E-state index < -0.39 is 11.7 Å². The highest BCUT2D eigenvalue weighted by atomic mass is 16.6. The molecule has 10 atom stereocenters. The van der Waals surface area contributed by atoms with Crippen LogP contribution in [0.15, 0.2) is 0 Å². The van der Waals surface area contributed by atoms with E-state index in [4.69, 9.17) is 9.47 Å². The fourth-order valence-corrected chi connectivity index (χ4v) is 9.92. The molecule has 4 aliphatic rings. The van der Waals surface area contributed by atoms with Gasteiger partial charge < -0.3 is 14.6 Å². The van der Waals surface area contributed by atoms with E-state index in [1.807, 2.05) is 0 Å². The first-order valence-corrected chi connectivity index (χ1v) is 14.9. The number of esters is 2. The van der Waals surface area contributed by atoms with Gasteiger partial charge in [-0.25, -0.2) is 0 Å². The van der Waals surface area contributed by atoms with Crippen molar-refractivity contribution in [3.8, 4) is 0 Å². The lowest BCUT2D eigenvalue weighted by Gasteiger charge is -2.65. The molecule has 0 aliphatic heterocycles. The summed E-state index contributed by atoms with van der Waals surface area (Å²) in [5.41, 5.74) is -1.16. The Labute approximate surface area is 219 Å². The molecule has 4 fully saturated rings. The first-order valence-electron chi connectivity index (χ1n) is 14.9. The third kappa shape index (κ3) is 4.76. The van der Waals surface area contributed by atoms with Gasteiger partial charge in [0, 0.05) is 25.7 Å². The highest BCUT2D eigenvalue weighted by Gasteiger charge is 2.68. The fourth-order valence-electron chi connectivity index (χ4n) is 9.92. The molecule has 5 heteroatoms. The molecule has 4 rings (SSSR count). The van der Waals surface area contributed by atoms with Gasteiger partial charge in [0.05, 0.1) is 0 Å². The highest BCUT2D eigenvalue weighted by Crippen LogP contribution is 2.69. The minimum absolute atomic E-state index is 0.308. The van der Waals surface area contributed by atoms with E-state index in [0.29, 0.717) is 29.6 Å². The number of aliphatic hydroxyl groups is 1. The Kier molecular flexibility index (Phi) is 7.93. The van der Waals surface area contributed by atoms with Crippen LogP contribution in [0.4, 0.5) is 0 Å². The van der Waals surface area contributed by atoms with Gasteiger partial charge in [-0.3, -0.25) is 9.59 Å². The number of ether oxygens (including phenoxy) is 2. The van der Waals surface area contributed by atoms with Crippen LogP contribution in [0.25, 0.3) is 0 Å². The van der Waals surface area contributed by atoms with E-state index in [9.17, 15) is 14.7 Å². The smallest absolute Gasteiger partial charge is 0.303 e. The maximum Gasteiger partial charge on any atom is 0.303 e. The zero-order valence-electron chi connectivity index (χ0n) is 24.0. The number of fused-ring (bicyclic) bond motifs is 5. The third-order valence-corrected chi connectivity index (χ3v) is 11.6. The summed E-state index contributed by atoms with van der Waals surface area (Å²) in [7, 11) is 0. The number of hydrogen-bond donors (Lipinski definition) is 1. The third-order valence-electron chi connectivity index (χ3n) is 11.6. The van der Waals surface area contributed by atoms with Gasteiger partial charge in [-0.15, -0.1) is 0 Å². The van der Waals surface area contributed by atoms with Crippen LogP contribution in [0, 0.1) is 46.3 Å². The van der Waals surface area contributed by atoms with Crippen molar-refractivity contribution in [1.82, 2.24) is 0 Å². The number of carbonyl (C=O) groups is 2. The first kappa shape index (κ1) is 27.9. The number of rotatable bonds is 7. The van der Waals surface area contributed by atoms with Gasteiger partial charge in [-0.2, -0.15) is 0 Å². The predicted octanol–water partition coefficient (Wildman–Crippen LogP) is 6.70. The van der Waals surface area contributed by atoms with Crippen molar-refractivity contribution >= 4 is 11.9 Å². The summed E-state index contributed by atoms with van der Waals surface area (Å²) in [4.78, 5) is 23.9. The van der Waals surface area contributed by atoms with E-state index in [-0.39, 0.29) is 23.5 Å². The molecule has 0 heterocycles. The van der Waals surface area contributed by atoms with Crippen molar-refractivity contribution in [2.24, 2.45) is 46.3 Å². The molecular formula is C31H52O5. The summed E-state index contributed by atoms with van der Waals surface area (Å²) >= 11 is 0. The average Bonchev–Trinajstić information content (AvgIpc) is 3.12. The first-order chi connectivity index (χ1) is 16.8. The summed E-state index contributed by atoms with van der Waals surface area (Å²) in [5.74, 6) is 3.15. The molecule has 36 heavy (non-hydrogen) atoms. The molecule has 0 aromatic heterocycles. The van der Waals surface area contributed by atoms with Gasteiger partial charge in [-0.1, -0.05) is 53.9 Å². The lowest BCUT2D eigenvalue weighted by atomic mass is 9.42. The van der Waals surface area contributed by atoms with Crippen LogP contribution >= 0.6 is 0 Å². The second-order valence-corrected chi connectivity index (χ2v) is 14.1. The van der Waals surface area contributed by atoms with Gasteiger partial charge in [0.25, 0.3) is 0 Å². The Hall–Kier alpha value is -1.10. The van der Waals surface area contributed by atoms with Gasteiger partial charge in [0.2, 0.25) is 0 Å². The molecule has 4 saturated carbocycles. The largest absolute Gasteiger partial charge is 0.462 e. The predicted molar refractivity (Wildman–Crippen MR) is 141 cm³/mol. The van der Waals surface area contributed by atoms with Crippen molar-refractivity contribution in [3.05, 3.63) is 0 Å². The lowest BCUT2D eigenvalue weighted by molar-refractivity contribution is -0.271. The number of carbonyl (C=O) groups excluding carboxylic acids is 2. The van der Waals surface area contributed by atoms with Crippen LogP contribution in [0.3, 0.4) is 0 Å². The van der Waals surface area contributed by atoms with E-state index in [1.165, 1.54) is 52.4 Å².